The van der Waals surface area contributed by atoms with E-state index in [0.717, 1.165) is 12.8 Å². The van der Waals surface area contributed by atoms with E-state index < -0.39 is 0 Å². The molecule has 1 aromatic carbocycles. The Morgan fingerprint density at radius 1 is 1.33 bits per heavy atom. The van der Waals surface area contributed by atoms with Gasteiger partial charge in [0.2, 0.25) is 5.91 Å². The molecule has 0 unspecified atom stereocenters. The maximum Gasteiger partial charge on any atom is 0.251 e. The molecule has 0 bridgehead atoms. The highest BCUT2D eigenvalue weighted by Crippen LogP contribution is 2.26. The number of anilines is 1. The molecule has 2 rings (SSSR count). The number of nitrogens with two attached hydrogens (primary N) is 1. The van der Waals surface area contributed by atoms with Gasteiger partial charge < -0.3 is 20.7 Å². The van der Waals surface area contributed by atoms with Crippen LogP contribution in [0.25, 0.3) is 0 Å². The van der Waals surface area contributed by atoms with Crippen molar-refractivity contribution in [3.8, 4) is 0 Å². The summed E-state index contributed by atoms with van der Waals surface area (Å²) >= 11 is 0. The summed E-state index contributed by atoms with van der Waals surface area (Å²) in [4.78, 5) is 25.9. The third kappa shape index (κ3) is 4.46. The van der Waals surface area contributed by atoms with Crippen LogP contribution in [0.4, 0.5) is 5.69 Å². The summed E-state index contributed by atoms with van der Waals surface area (Å²) in [5, 5.41) is 2.65. The number of hydrogen-bond acceptors (Lipinski definition) is 4. The number of hydrogen-bond donors (Lipinski definition) is 2. The van der Waals surface area contributed by atoms with Crippen LogP contribution in [0.5, 0.6) is 0 Å². The second-order valence-electron chi connectivity index (χ2n) is 5.12. The molecule has 1 aliphatic carbocycles. The van der Waals surface area contributed by atoms with Gasteiger partial charge in [-0.25, -0.2) is 0 Å². The van der Waals surface area contributed by atoms with Crippen LogP contribution in [0.3, 0.4) is 0 Å². The Labute approximate surface area is 124 Å². The maximum absolute atomic E-state index is 12.2. The number of benzene rings is 1. The third-order valence-corrected chi connectivity index (χ3v) is 3.42. The van der Waals surface area contributed by atoms with Gasteiger partial charge in [-0.2, -0.15) is 0 Å². The predicted octanol–water partition coefficient (Wildman–Crippen LogP) is 0.636. The zero-order valence-corrected chi connectivity index (χ0v) is 12.2. The van der Waals surface area contributed by atoms with Crippen LogP contribution < -0.4 is 11.1 Å². The fourth-order valence-corrected chi connectivity index (χ4v) is 2.08. The van der Waals surface area contributed by atoms with E-state index in [1.54, 1.807) is 36.3 Å². The summed E-state index contributed by atoms with van der Waals surface area (Å²) in [5.74, 6) is -0.343. The van der Waals surface area contributed by atoms with Gasteiger partial charge in [0.25, 0.3) is 5.91 Å². The first-order valence-electron chi connectivity index (χ1n) is 7.04. The van der Waals surface area contributed by atoms with Crippen molar-refractivity contribution in [2.24, 2.45) is 0 Å². The molecule has 0 aromatic heterocycles. The second kappa shape index (κ2) is 7.08. The van der Waals surface area contributed by atoms with Crippen molar-refractivity contribution in [2.45, 2.75) is 18.9 Å². The van der Waals surface area contributed by atoms with Crippen molar-refractivity contribution < 1.29 is 14.3 Å². The van der Waals surface area contributed by atoms with E-state index in [2.05, 4.69) is 5.32 Å². The van der Waals surface area contributed by atoms with Crippen LogP contribution in [0.2, 0.25) is 0 Å². The number of carbonyl (C=O) groups is 2. The van der Waals surface area contributed by atoms with Crippen molar-refractivity contribution in [1.82, 2.24) is 10.2 Å². The van der Waals surface area contributed by atoms with E-state index in [-0.39, 0.29) is 18.4 Å². The molecule has 114 valence electrons. The molecule has 1 aliphatic rings. The van der Waals surface area contributed by atoms with Gasteiger partial charge in [-0.1, -0.05) is 0 Å². The topological polar surface area (TPSA) is 84.7 Å². The van der Waals surface area contributed by atoms with Crippen molar-refractivity contribution >= 4 is 17.5 Å². The van der Waals surface area contributed by atoms with Crippen molar-refractivity contribution in [1.29, 1.82) is 0 Å². The minimum absolute atomic E-state index is 0.00340. The Kier molecular flexibility index (Phi) is 5.16. The average molecular weight is 291 g/mol. The molecule has 6 nitrogen and oxygen atoms in total. The summed E-state index contributed by atoms with van der Waals surface area (Å²) in [7, 11) is 1.61. The summed E-state index contributed by atoms with van der Waals surface area (Å²) in [5.41, 5.74) is 6.66. The van der Waals surface area contributed by atoms with E-state index in [9.17, 15) is 9.59 Å². The van der Waals surface area contributed by atoms with E-state index in [0.29, 0.717) is 30.4 Å². The number of ether oxygens (including phenoxy) is 1. The van der Waals surface area contributed by atoms with Gasteiger partial charge in [0.05, 0.1) is 13.2 Å². The fourth-order valence-electron chi connectivity index (χ4n) is 2.08. The number of nitrogens with one attached hydrogen (secondary N) is 1. The Balaban J connectivity index is 1.84. The number of nitrogens with zero attached hydrogens (tertiary/aromatic N) is 1. The molecule has 21 heavy (non-hydrogen) atoms. The molecule has 0 saturated heterocycles. The van der Waals surface area contributed by atoms with Gasteiger partial charge >= 0.3 is 0 Å². The molecule has 3 N–H and O–H groups in total. The first-order chi connectivity index (χ1) is 10.1. The van der Waals surface area contributed by atoms with Crippen LogP contribution in [0.15, 0.2) is 24.3 Å². The van der Waals surface area contributed by atoms with E-state index in [4.69, 9.17) is 10.5 Å². The largest absolute Gasteiger partial charge is 0.399 e. The smallest absolute Gasteiger partial charge is 0.251 e. The first-order valence-corrected chi connectivity index (χ1v) is 7.04. The number of rotatable bonds is 7. The molecule has 0 aliphatic heterocycles. The van der Waals surface area contributed by atoms with Gasteiger partial charge in [-0.15, -0.1) is 0 Å². The zero-order valence-electron chi connectivity index (χ0n) is 12.2. The molecule has 1 aromatic rings. The van der Waals surface area contributed by atoms with Gasteiger partial charge in [-0.05, 0) is 37.1 Å². The number of carbonyl (C=O) groups excluding carboxylic acids is 2. The lowest BCUT2D eigenvalue weighted by molar-refractivity contribution is -0.131. The zero-order chi connectivity index (χ0) is 15.2. The Hall–Kier alpha value is -2.08. The monoisotopic (exact) mass is 291 g/mol. The quantitative estimate of drug-likeness (QED) is 0.722. The van der Waals surface area contributed by atoms with Gasteiger partial charge in [0.15, 0.2) is 0 Å². The second-order valence-corrected chi connectivity index (χ2v) is 5.12. The van der Waals surface area contributed by atoms with Crippen LogP contribution >= 0.6 is 0 Å². The first kappa shape index (κ1) is 15.3. The van der Waals surface area contributed by atoms with Crippen molar-refractivity contribution in [2.75, 3.05) is 32.5 Å². The molecule has 0 radical (unpaired) electrons. The molecule has 2 amide bonds. The van der Waals surface area contributed by atoms with Crippen LogP contribution in [-0.4, -0.2) is 49.6 Å². The number of amides is 2. The summed E-state index contributed by atoms with van der Waals surface area (Å²) in [6, 6.07) is 6.90. The van der Waals surface area contributed by atoms with Crippen LogP contribution in [0.1, 0.15) is 23.2 Å². The minimum Gasteiger partial charge on any atom is -0.399 e. The van der Waals surface area contributed by atoms with Gasteiger partial charge in [-0.3, -0.25) is 9.59 Å². The summed E-state index contributed by atoms with van der Waals surface area (Å²) < 4.78 is 5.01. The molecule has 0 atom stereocenters. The molecular weight excluding hydrogens is 270 g/mol. The highest BCUT2D eigenvalue weighted by Gasteiger charge is 2.32. The van der Waals surface area contributed by atoms with Gasteiger partial charge in [0, 0.05) is 30.9 Å². The lowest BCUT2D eigenvalue weighted by atomic mass is 10.2. The molecule has 6 heteroatoms. The molecular formula is C15H21N3O3. The molecule has 1 saturated carbocycles. The Morgan fingerprint density at radius 2 is 2.00 bits per heavy atom. The van der Waals surface area contributed by atoms with Crippen LogP contribution in [-0.2, 0) is 9.53 Å². The van der Waals surface area contributed by atoms with Crippen LogP contribution in [0, 0.1) is 0 Å². The highest BCUT2D eigenvalue weighted by atomic mass is 16.5. The molecule has 0 heterocycles. The number of nitrogen functional groups attached to an aromatic ring is 1. The third-order valence-electron chi connectivity index (χ3n) is 3.42. The van der Waals surface area contributed by atoms with Crippen molar-refractivity contribution in [3.05, 3.63) is 29.8 Å². The standard InChI is InChI=1S/C15H21N3O3/c1-21-9-8-18(13-6-7-13)14(19)10-17-15(20)11-2-4-12(16)5-3-11/h2-5,13H,6-10,16H2,1H3,(H,17,20). The number of methoxy groups -OCH3 is 1. The highest BCUT2D eigenvalue weighted by molar-refractivity contribution is 5.96. The normalized spacial score (nSPS) is 13.8. The van der Waals surface area contributed by atoms with Gasteiger partial charge in [0.1, 0.15) is 0 Å². The predicted molar refractivity (Wildman–Crippen MR) is 79.8 cm³/mol. The summed E-state index contributed by atoms with van der Waals surface area (Å²) in [6.45, 7) is 1.08. The maximum atomic E-state index is 12.2. The fraction of sp³-hybridized carbons (Fsp3) is 0.467. The lowest BCUT2D eigenvalue weighted by Crippen LogP contribution is -2.42. The van der Waals surface area contributed by atoms with E-state index in [1.807, 2.05) is 0 Å². The SMILES string of the molecule is COCCN(C(=O)CNC(=O)c1ccc(N)cc1)C1CC1. The van der Waals surface area contributed by atoms with E-state index in [1.165, 1.54) is 0 Å². The lowest BCUT2D eigenvalue weighted by Gasteiger charge is -2.22. The summed E-state index contributed by atoms with van der Waals surface area (Å²) in [6.07, 6.45) is 2.06. The van der Waals surface area contributed by atoms with Crippen molar-refractivity contribution in [3.63, 3.8) is 0 Å². The van der Waals surface area contributed by atoms with E-state index >= 15 is 0 Å². The average Bonchev–Trinajstić information content (AvgIpc) is 3.30. The Morgan fingerprint density at radius 3 is 2.57 bits per heavy atom. The minimum atomic E-state index is -0.272. The molecule has 0 spiro atoms. The molecule has 1 fully saturated rings. The Bertz CT molecular complexity index is 497.